The van der Waals surface area contributed by atoms with E-state index in [0.717, 1.165) is 4.88 Å². The number of fused-ring (bicyclic) bond motifs is 4. The molecule has 4 heterocycles. The van der Waals surface area contributed by atoms with Crippen molar-refractivity contribution in [2.75, 3.05) is 19.4 Å². The maximum absolute atomic E-state index is 12.4. The number of aliphatic hydroxyl groups excluding tert-OH is 1. The summed E-state index contributed by atoms with van der Waals surface area (Å²) >= 11 is 7.44. The van der Waals surface area contributed by atoms with Crippen LogP contribution in [0, 0.1) is 17.3 Å². The Bertz CT molecular complexity index is 1530. The first-order valence-corrected chi connectivity index (χ1v) is 12.3. The summed E-state index contributed by atoms with van der Waals surface area (Å²) in [5.74, 6) is 0.190. The zero-order chi connectivity index (χ0) is 24.3. The number of rotatable bonds is 5. The van der Waals surface area contributed by atoms with Gasteiger partial charge in [-0.3, -0.25) is 4.79 Å². The predicted octanol–water partition coefficient (Wildman–Crippen LogP) is 0.859. The van der Waals surface area contributed by atoms with Gasteiger partial charge in [-0.1, -0.05) is 16.8 Å². The molecule has 3 fully saturated rings. The summed E-state index contributed by atoms with van der Waals surface area (Å²) in [7, 11) is 3.28. The van der Waals surface area contributed by atoms with E-state index in [1.807, 2.05) is 6.07 Å². The second-order valence-electron chi connectivity index (χ2n) is 9.29. The van der Waals surface area contributed by atoms with E-state index in [2.05, 4.69) is 30.9 Å². The van der Waals surface area contributed by atoms with Crippen molar-refractivity contribution in [1.82, 2.24) is 39.8 Å². The third kappa shape index (κ3) is 2.53. The Labute approximate surface area is 207 Å². The summed E-state index contributed by atoms with van der Waals surface area (Å²) in [6.45, 7) is 0. The van der Waals surface area contributed by atoms with Gasteiger partial charge < -0.3 is 25.4 Å². The number of anilines is 1. The maximum atomic E-state index is 12.4. The van der Waals surface area contributed by atoms with Gasteiger partial charge >= 0.3 is 0 Å². The Hall–Kier alpha value is -3.13. The number of thiophene rings is 1. The molecule has 3 saturated carbocycles. The first-order chi connectivity index (χ1) is 16.8. The minimum atomic E-state index is -1.41. The Morgan fingerprint density at radius 2 is 2.14 bits per heavy atom. The van der Waals surface area contributed by atoms with Crippen molar-refractivity contribution in [3.05, 3.63) is 29.0 Å². The van der Waals surface area contributed by atoms with E-state index in [-0.39, 0.29) is 23.7 Å². The smallest absolute Gasteiger partial charge is 0.256 e. The molecule has 180 valence electrons. The van der Waals surface area contributed by atoms with Gasteiger partial charge in [0.1, 0.15) is 11.3 Å². The highest BCUT2D eigenvalue weighted by molar-refractivity contribution is 7.19. The summed E-state index contributed by atoms with van der Waals surface area (Å²) in [5.41, 5.74) is -0.662. The van der Waals surface area contributed by atoms with Crippen LogP contribution < -0.4 is 10.6 Å². The lowest BCUT2D eigenvalue weighted by Gasteiger charge is -2.25. The van der Waals surface area contributed by atoms with Crippen LogP contribution in [0.2, 0.25) is 4.34 Å². The molecule has 35 heavy (non-hydrogen) atoms. The highest BCUT2D eigenvalue weighted by atomic mass is 35.5. The fraction of sp³-hybridized carbons (Fsp3) is 0.429. The normalized spacial score (nSPS) is 32.4. The fourth-order valence-electron chi connectivity index (χ4n) is 6.09. The first-order valence-electron chi connectivity index (χ1n) is 11.1. The summed E-state index contributed by atoms with van der Waals surface area (Å²) < 4.78 is 3.90. The van der Waals surface area contributed by atoms with E-state index in [1.54, 1.807) is 37.3 Å². The van der Waals surface area contributed by atoms with Gasteiger partial charge in [-0.15, -0.1) is 16.4 Å². The van der Waals surface area contributed by atoms with Gasteiger partial charge in [0.2, 0.25) is 5.91 Å². The Balaban J connectivity index is 1.29. The lowest BCUT2D eigenvalue weighted by Crippen LogP contribution is -2.45. The van der Waals surface area contributed by atoms with Crippen molar-refractivity contribution < 1.29 is 15.0 Å². The standard InChI is InChI=1S/C21H20ClN9O3S/c1-23-15-13-16(27-19(26-15)31-6-9(28-29-31)10-3-4-11(22)35-10)30(7-25-13)14-12-8-5-20(8,18(33)24-2)17(32)21(12,14)34/h3-4,6-8,12,14,17,32,34H,5H2,1-2H3,(H,24,33)(H,23,26,27)/t8?,12-,14?,17+,20?,21+/m0/s1. The Morgan fingerprint density at radius 1 is 1.31 bits per heavy atom. The summed E-state index contributed by atoms with van der Waals surface area (Å²) in [6.07, 6.45) is 2.71. The van der Waals surface area contributed by atoms with E-state index < -0.39 is 23.2 Å². The molecule has 1 amide bonds. The average molecular weight is 514 g/mol. The molecule has 6 atom stereocenters. The Kier molecular flexibility index (Phi) is 4.09. The number of hydrogen-bond donors (Lipinski definition) is 4. The van der Waals surface area contributed by atoms with Gasteiger partial charge in [0.25, 0.3) is 5.95 Å². The van der Waals surface area contributed by atoms with Crippen molar-refractivity contribution >= 4 is 45.8 Å². The van der Waals surface area contributed by atoms with Crippen molar-refractivity contribution in [3.8, 4) is 16.5 Å². The van der Waals surface area contributed by atoms with Crippen LogP contribution in [-0.2, 0) is 4.79 Å². The van der Waals surface area contributed by atoms with Gasteiger partial charge in [0.05, 0.1) is 39.3 Å². The van der Waals surface area contributed by atoms with Crippen LogP contribution in [0.5, 0.6) is 0 Å². The zero-order valence-electron chi connectivity index (χ0n) is 18.5. The molecule has 0 aromatic carbocycles. The minimum absolute atomic E-state index is 0.0922. The lowest BCUT2D eigenvalue weighted by molar-refractivity contribution is -0.134. The molecule has 3 unspecified atom stereocenters. The molecule has 0 saturated heterocycles. The number of carbonyl (C=O) groups is 1. The third-order valence-electron chi connectivity index (χ3n) is 7.78. The van der Waals surface area contributed by atoms with E-state index >= 15 is 0 Å². The van der Waals surface area contributed by atoms with Crippen LogP contribution in [0.4, 0.5) is 5.82 Å². The molecular weight excluding hydrogens is 494 g/mol. The van der Waals surface area contributed by atoms with Crippen molar-refractivity contribution in [1.29, 1.82) is 0 Å². The van der Waals surface area contributed by atoms with Crippen LogP contribution >= 0.6 is 22.9 Å². The van der Waals surface area contributed by atoms with Crippen molar-refractivity contribution in [3.63, 3.8) is 0 Å². The molecule has 0 bridgehead atoms. The molecule has 4 aromatic rings. The van der Waals surface area contributed by atoms with Gasteiger partial charge in [0.15, 0.2) is 17.0 Å². The van der Waals surface area contributed by atoms with Crippen LogP contribution in [-0.4, -0.2) is 76.4 Å². The minimum Gasteiger partial charge on any atom is -0.389 e. The Morgan fingerprint density at radius 3 is 2.80 bits per heavy atom. The monoisotopic (exact) mass is 513 g/mol. The molecule has 0 radical (unpaired) electrons. The largest absolute Gasteiger partial charge is 0.389 e. The van der Waals surface area contributed by atoms with Crippen molar-refractivity contribution in [2.45, 2.75) is 24.2 Å². The number of halogens is 1. The molecule has 0 spiro atoms. The van der Waals surface area contributed by atoms with Gasteiger partial charge in [-0.25, -0.2) is 4.98 Å². The average Bonchev–Trinajstić information content (AvgIpc) is 3.34. The highest BCUT2D eigenvalue weighted by Gasteiger charge is 2.91. The van der Waals surface area contributed by atoms with E-state index in [4.69, 9.17) is 16.6 Å². The van der Waals surface area contributed by atoms with Crippen LogP contribution in [0.25, 0.3) is 27.7 Å². The van der Waals surface area contributed by atoms with Gasteiger partial charge in [-0.2, -0.15) is 14.6 Å². The summed E-state index contributed by atoms with van der Waals surface area (Å²) in [5, 5.41) is 36.5. The molecule has 3 aliphatic rings. The topological polar surface area (TPSA) is 156 Å². The number of hydrogen-bond acceptors (Lipinski definition) is 10. The van der Waals surface area contributed by atoms with Gasteiger partial charge in [-0.05, 0) is 24.5 Å². The maximum Gasteiger partial charge on any atom is 0.256 e. The van der Waals surface area contributed by atoms with Crippen molar-refractivity contribution in [2.24, 2.45) is 17.3 Å². The molecular formula is C21H20ClN9O3S. The van der Waals surface area contributed by atoms with Gasteiger partial charge in [0, 0.05) is 20.0 Å². The van der Waals surface area contributed by atoms with E-state index in [9.17, 15) is 15.0 Å². The molecule has 4 aromatic heterocycles. The van der Waals surface area contributed by atoms with Crippen LogP contribution in [0.3, 0.4) is 0 Å². The summed E-state index contributed by atoms with van der Waals surface area (Å²) in [4.78, 5) is 27.0. The summed E-state index contributed by atoms with van der Waals surface area (Å²) in [6, 6.07) is 3.22. The lowest BCUT2D eigenvalue weighted by atomic mass is 9.93. The van der Waals surface area contributed by atoms with Crippen LogP contribution in [0.15, 0.2) is 24.7 Å². The molecule has 7 rings (SSSR count). The SMILES string of the molecule is CNC(=O)C12CC1[C@H]1C(n3cnc4c(NC)nc(-n5cc(-c6ccc(Cl)s6)nn5)nc43)[C@@]1(O)[C@@H]2O. The second kappa shape index (κ2) is 6.75. The number of aromatic nitrogens is 7. The second-order valence-corrected chi connectivity index (χ2v) is 11.0. The number of imidazole rings is 1. The number of aliphatic hydroxyl groups is 2. The van der Waals surface area contributed by atoms with E-state index in [0.29, 0.717) is 33.4 Å². The number of nitrogens with zero attached hydrogens (tertiary/aromatic N) is 7. The third-order valence-corrected chi connectivity index (χ3v) is 9.03. The molecule has 0 aliphatic heterocycles. The van der Waals surface area contributed by atoms with E-state index in [1.165, 1.54) is 16.0 Å². The van der Waals surface area contributed by atoms with Crippen LogP contribution in [0.1, 0.15) is 12.5 Å². The number of amides is 1. The molecule has 14 heteroatoms. The quantitative estimate of drug-likeness (QED) is 0.304. The number of carbonyl (C=O) groups excluding carboxylic acids is 1. The number of nitrogens with one attached hydrogen (secondary N) is 2. The molecule has 3 aliphatic carbocycles. The predicted molar refractivity (Wildman–Crippen MR) is 126 cm³/mol. The molecule has 4 N–H and O–H groups in total. The molecule has 12 nitrogen and oxygen atoms in total. The fourth-order valence-corrected chi connectivity index (χ4v) is 7.09. The highest BCUT2D eigenvalue weighted by Crippen LogP contribution is 2.82. The zero-order valence-corrected chi connectivity index (χ0v) is 20.1. The first kappa shape index (κ1) is 21.2.